The lowest BCUT2D eigenvalue weighted by atomic mass is 10.00. The summed E-state index contributed by atoms with van der Waals surface area (Å²) in [5.41, 5.74) is -1.36. The van der Waals surface area contributed by atoms with E-state index >= 15 is 0 Å². The molecular weight excluding hydrogens is 351 g/mol. The summed E-state index contributed by atoms with van der Waals surface area (Å²) in [5.74, 6) is -0.415. The molecule has 3 nitrogen and oxygen atoms in total. The molecule has 116 valence electrons. The largest absolute Gasteiger partial charge is 0.417 e. The summed E-state index contributed by atoms with van der Waals surface area (Å²) >= 11 is 2.87. The van der Waals surface area contributed by atoms with Crippen LogP contribution in [-0.2, 0) is 10.9 Å². The number of benzene rings is 1. The van der Waals surface area contributed by atoms with E-state index in [1.165, 1.54) is 12.1 Å². The third-order valence-electron chi connectivity index (χ3n) is 3.41. The van der Waals surface area contributed by atoms with E-state index in [9.17, 15) is 18.0 Å². The molecule has 7 heteroatoms. The fourth-order valence-electron chi connectivity index (χ4n) is 2.27. The van der Waals surface area contributed by atoms with Crippen LogP contribution >= 0.6 is 15.9 Å². The molecule has 2 rings (SSSR count). The lowest BCUT2D eigenvalue weighted by Crippen LogP contribution is -2.55. The number of nitrogens with zero attached hydrogens (tertiary/aromatic N) is 1. The smallest absolute Gasteiger partial charge is 0.377 e. The van der Waals surface area contributed by atoms with E-state index in [-0.39, 0.29) is 10.0 Å². The molecule has 0 aromatic heterocycles. The van der Waals surface area contributed by atoms with Gasteiger partial charge in [-0.2, -0.15) is 13.2 Å². The number of carbonyl (C=O) groups is 1. The first-order chi connectivity index (χ1) is 9.63. The van der Waals surface area contributed by atoms with Crippen LogP contribution in [0.15, 0.2) is 22.7 Å². The third-order valence-corrected chi connectivity index (χ3v) is 4.10. The Kier molecular flexibility index (Phi) is 4.35. The Bertz CT molecular complexity index is 558. The van der Waals surface area contributed by atoms with E-state index in [0.29, 0.717) is 19.8 Å². The summed E-state index contributed by atoms with van der Waals surface area (Å²) in [4.78, 5) is 14.0. The third kappa shape index (κ3) is 3.40. The van der Waals surface area contributed by atoms with Gasteiger partial charge in [-0.3, -0.25) is 4.79 Å². The number of rotatable bonds is 1. The van der Waals surface area contributed by atoms with Crippen molar-refractivity contribution in [3.8, 4) is 0 Å². The second kappa shape index (κ2) is 5.61. The van der Waals surface area contributed by atoms with Gasteiger partial charge in [-0.05, 0) is 32.0 Å². The topological polar surface area (TPSA) is 29.5 Å². The summed E-state index contributed by atoms with van der Waals surface area (Å²) in [6, 6.07) is 3.54. The van der Waals surface area contributed by atoms with Crippen molar-refractivity contribution < 1.29 is 22.7 Å². The lowest BCUT2D eigenvalue weighted by molar-refractivity contribution is -0.138. The molecule has 1 aromatic carbocycles. The number of halogens is 4. The summed E-state index contributed by atoms with van der Waals surface area (Å²) in [5, 5.41) is 0. The fourth-order valence-corrected chi connectivity index (χ4v) is 2.74. The lowest BCUT2D eigenvalue weighted by Gasteiger charge is -2.42. The van der Waals surface area contributed by atoms with Crippen molar-refractivity contribution in [2.75, 3.05) is 19.8 Å². The van der Waals surface area contributed by atoms with Crippen molar-refractivity contribution in [2.24, 2.45) is 0 Å². The number of hydrogen-bond acceptors (Lipinski definition) is 2. The summed E-state index contributed by atoms with van der Waals surface area (Å²) < 4.78 is 44.0. The number of ether oxygens (including phenoxy) is 1. The molecule has 0 aliphatic carbocycles. The summed E-state index contributed by atoms with van der Waals surface area (Å²) in [7, 11) is 0. The highest BCUT2D eigenvalue weighted by Gasteiger charge is 2.37. The molecule has 0 bridgehead atoms. The normalized spacial score (nSPS) is 18.7. The van der Waals surface area contributed by atoms with E-state index in [4.69, 9.17) is 4.74 Å². The van der Waals surface area contributed by atoms with Crippen LogP contribution in [0.25, 0.3) is 0 Å². The minimum absolute atomic E-state index is 0.0282. The first kappa shape index (κ1) is 16.3. The molecule has 0 spiro atoms. The van der Waals surface area contributed by atoms with Gasteiger partial charge < -0.3 is 9.64 Å². The number of morpholine rings is 1. The predicted octanol–water partition coefficient (Wildman–Crippen LogP) is 3.72. The molecule has 0 N–H and O–H groups in total. The van der Waals surface area contributed by atoms with Gasteiger partial charge in [-0.25, -0.2) is 0 Å². The zero-order chi connectivity index (χ0) is 15.8. The number of hydrogen-bond donors (Lipinski definition) is 0. The molecule has 0 unspecified atom stereocenters. The maximum absolute atomic E-state index is 12.9. The Balaban J connectivity index is 2.36. The Labute approximate surface area is 129 Å². The van der Waals surface area contributed by atoms with Crippen LogP contribution in [-0.4, -0.2) is 36.1 Å². The van der Waals surface area contributed by atoms with Crippen LogP contribution < -0.4 is 0 Å². The molecule has 1 fully saturated rings. The van der Waals surface area contributed by atoms with Gasteiger partial charge in [0.1, 0.15) is 0 Å². The van der Waals surface area contributed by atoms with E-state index in [0.717, 1.165) is 6.07 Å². The predicted molar refractivity (Wildman–Crippen MR) is 75.1 cm³/mol. The highest BCUT2D eigenvalue weighted by Crippen LogP contribution is 2.35. The van der Waals surface area contributed by atoms with Crippen LogP contribution in [0.4, 0.5) is 13.2 Å². The zero-order valence-electron chi connectivity index (χ0n) is 11.6. The highest BCUT2D eigenvalue weighted by atomic mass is 79.9. The maximum Gasteiger partial charge on any atom is 0.417 e. The van der Waals surface area contributed by atoms with Gasteiger partial charge in [0.25, 0.3) is 5.91 Å². The van der Waals surface area contributed by atoms with Crippen LogP contribution in [0, 0.1) is 0 Å². The Hall–Kier alpha value is -1.08. The Morgan fingerprint density at radius 2 is 2.05 bits per heavy atom. The van der Waals surface area contributed by atoms with E-state index in [2.05, 4.69) is 15.9 Å². The van der Waals surface area contributed by atoms with Crippen LogP contribution in [0.5, 0.6) is 0 Å². The Morgan fingerprint density at radius 3 is 2.62 bits per heavy atom. The summed E-state index contributed by atoms with van der Waals surface area (Å²) in [6.45, 7) is 4.77. The van der Waals surface area contributed by atoms with Crippen LogP contribution in [0.3, 0.4) is 0 Å². The van der Waals surface area contributed by atoms with Gasteiger partial charge in [-0.15, -0.1) is 0 Å². The van der Waals surface area contributed by atoms with Gasteiger partial charge in [0.2, 0.25) is 0 Å². The van der Waals surface area contributed by atoms with Crippen molar-refractivity contribution >= 4 is 21.8 Å². The standard InChI is InChI=1S/C14H15BrF3NO2/c1-13(2)8-21-6-5-19(13)12(20)9-3-4-11(15)10(7-9)14(16,17)18/h3-4,7H,5-6,8H2,1-2H3. The van der Waals surface area contributed by atoms with Gasteiger partial charge in [0.15, 0.2) is 0 Å². The van der Waals surface area contributed by atoms with Gasteiger partial charge >= 0.3 is 6.18 Å². The van der Waals surface area contributed by atoms with Gasteiger partial charge in [0.05, 0.1) is 24.3 Å². The van der Waals surface area contributed by atoms with E-state index in [1.54, 1.807) is 4.90 Å². The molecule has 21 heavy (non-hydrogen) atoms. The average molecular weight is 366 g/mol. The van der Waals surface area contributed by atoms with Gasteiger partial charge in [0, 0.05) is 16.6 Å². The molecular formula is C14H15BrF3NO2. The van der Waals surface area contributed by atoms with Gasteiger partial charge in [-0.1, -0.05) is 15.9 Å². The molecule has 0 atom stereocenters. The van der Waals surface area contributed by atoms with Crippen molar-refractivity contribution in [3.63, 3.8) is 0 Å². The molecule has 1 aromatic rings. The number of carbonyl (C=O) groups excluding carboxylic acids is 1. The first-order valence-corrected chi connectivity index (χ1v) is 7.19. The molecule has 0 radical (unpaired) electrons. The molecule has 1 heterocycles. The van der Waals surface area contributed by atoms with Crippen molar-refractivity contribution in [1.82, 2.24) is 4.90 Å². The van der Waals surface area contributed by atoms with Crippen LogP contribution in [0.2, 0.25) is 0 Å². The zero-order valence-corrected chi connectivity index (χ0v) is 13.2. The van der Waals surface area contributed by atoms with E-state index in [1.807, 2.05) is 13.8 Å². The Morgan fingerprint density at radius 1 is 1.38 bits per heavy atom. The number of alkyl halides is 3. The first-order valence-electron chi connectivity index (χ1n) is 6.39. The van der Waals surface area contributed by atoms with Crippen LogP contribution in [0.1, 0.15) is 29.8 Å². The number of amides is 1. The minimum Gasteiger partial charge on any atom is -0.377 e. The average Bonchev–Trinajstić information content (AvgIpc) is 2.36. The van der Waals surface area contributed by atoms with Crippen molar-refractivity contribution in [2.45, 2.75) is 25.6 Å². The molecule has 1 amide bonds. The molecule has 1 aliphatic heterocycles. The monoisotopic (exact) mass is 365 g/mol. The highest BCUT2D eigenvalue weighted by molar-refractivity contribution is 9.10. The molecule has 0 saturated carbocycles. The molecule has 1 saturated heterocycles. The molecule has 1 aliphatic rings. The quantitative estimate of drug-likeness (QED) is 0.758. The van der Waals surface area contributed by atoms with Crippen molar-refractivity contribution in [3.05, 3.63) is 33.8 Å². The maximum atomic E-state index is 12.9. The summed E-state index contributed by atoms with van der Waals surface area (Å²) in [6.07, 6.45) is -4.50. The second-order valence-electron chi connectivity index (χ2n) is 5.51. The SMILES string of the molecule is CC1(C)COCCN1C(=O)c1ccc(Br)c(C(F)(F)F)c1. The second-order valence-corrected chi connectivity index (χ2v) is 6.37. The minimum atomic E-state index is -4.50. The fraction of sp³-hybridized carbons (Fsp3) is 0.500. The van der Waals surface area contributed by atoms with E-state index < -0.39 is 23.2 Å². The van der Waals surface area contributed by atoms with Crippen molar-refractivity contribution in [1.29, 1.82) is 0 Å².